The second-order valence-corrected chi connectivity index (χ2v) is 6.81. The largest absolute Gasteiger partial charge is 0.388 e. The smallest absolute Gasteiger partial charge is 0.351 e. The Hall–Kier alpha value is -2.22. The highest BCUT2D eigenvalue weighted by Crippen LogP contribution is 2.35. The molecular formula is C19H23N3O4. The van der Waals surface area contributed by atoms with Gasteiger partial charge in [-0.15, -0.1) is 0 Å². The van der Waals surface area contributed by atoms with Crippen molar-refractivity contribution in [2.24, 2.45) is 0 Å². The molecule has 0 spiro atoms. The molecule has 4 atom stereocenters. The molecule has 7 heteroatoms. The molecule has 2 aliphatic heterocycles. The molecule has 2 aliphatic rings. The molecule has 0 saturated carbocycles. The first-order valence-corrected chi connectivity index (χ1v) is 8.95. The molecule has 0 aliphatic carbocycles. The molecule has 138 valence electrons. The lowest BCUT2D eigenvalue weighted by molar-refractivity contribution is -0.0549. The first-order valence-electron chi connectivity index (χ1n) is 8.95. The van der Waals surface area contributed by atoms with Crippen LogP contribution in [0, 0.1) is 0 Å². The number of rotatable bonds is 4. The fourth-order valence-corrected chi connectivity index (χ4v) is 3.78. The Kier molecular flexibility index (Phi) is 4.52. The van der Waals surface area contributed by atoms with Crippen molar-refractivity contribution in [3.8, 4) is 0 Å². The molecule has 26 heavy (non-hydrogen) atoms. The number of hydrogen-bond donors (Lipinski definition) is 2. The number of aliphatic hydroxyl groups is 1. The Labute approximate surface area is 151 Å². The van der Waals surface area contributed by atoms with Gasteiger partial charge in [0.05, 0.1) is 6.10 Å². The topological polar surface area (TPSA) is 85.6 Å². The van der Waals surface area contributed by atoms with Crippen LogP contribution in [0.25, 0.3) is 0 Å². The summed E-state index contributed by atoms with van der Waals surface area (Å²) in [7, 11) is 1.52. The van der Waals surface area contributed by atoms with E-state index in [1.807, 2.05) is 31.2 Å². The van der Waals surface area contributed by atoms with Gasteiger partial charge in [-0.1, -0.05) is 31.5 Å². The van der Waals surface area contributed by atoms with E-state index in [0.29, 0.717) is 18.7 Å². The highest BCUT2D eigenvalue weighted by atomic mass is 16.6. The quantitative estimate of drug-likeness (QED) is 0.742. The van der Waals surface area contributed by atoms with Gasteiger partial charge in [0.2, 0.25) is 0 Å². The standard InChI is InChI=1S/C19H23N3O4/c1-3-6-14-15(23)16(25-2)18(26-14)22-10-12-9-11-7-4-5-8-13(11)20-17(12)21-19(22)24/h4-5,7-8,10,14-16,18,23H,3,6,9H2,1-2H3,(H,20,21,24). The van der Waals surface area contributed by atoms with E-state index in [1.165, 1.54) is 11.7 Å². The summed E-state index contributed by atoms with van der Waals surface area (Å²) >= 11 is 0. The molecule has 2 N–H and O–H groups in total. The Morgan fingerprint density at radius 1 is 1.38 bits per heavy atom. The van der Waals surface area contributed by atoms with Gasteiger partial charge in [0.15, 0.2) is 6.23 Å². The van der Waals surface area contributed by atoms with Crippen LogP contribution in [0.2, 0.25) is 0 Å². The van der Waals surface area contributed by atoms with Crippen LogP contribution in [0.4, 0.5) is 11.5 Å². The van der Waals surface area contributed by atoms with Gasteiger partial charge in [0.1, 0.15) is 18.0 Å². The number of benzene rings is 1. The SMILES string of the molecule is CCCC1OC(n2cc3c(nc2=O)Nc2ccccc2C3)C(OC)C1O. The highest BCUT2D eigenvalue weighted by molar-refractivity contribution is 5.68. The lowest BCUT2D eigenvalue weighted by Gasteiger charge is -2.24. The fourth-order valence-electron chi connectivity index (χ4n) is 3.78. The number of ether oxygens (including phenoxy) is 2. The normalized spacial score (nSPS) is 26.9. The number of nitrogens with zero attached hydrogens (tertiary/aromatic N) is 2. The van der Waals surface area contributed by atoms with Gasteiger partial charge in [-0.2, -0.15) is 4.98 Å². The van der Waals surface area contributed by atoms with Crippen LogP contribution in [0.5, 0.6) is 0 Å². The Morgan fingerprint density at radius 3 is 2.96 bits per heavy atom. The minimum atomic E-state index is -0.772. The van der Waals surface area contributed by atoms with E-state index in [2.05, 4.69) is 10.3 Å². The predicted molar refractivity (Wildman–Crippen MR) is 96.6 cm³/mol. The summed E-state index contributed by atoms with van der Waals surface area (Å²) in [6.07, 6.45) is 1.62. The van der Waals surface area contributed by atoms with E-state index in [4.69, 9.17) is 9.47 Å². The van der Waals surface area contributed by atoms with Crippen LogP contribution < -0.4 is 11.0 Å². The third kappa shape index (κ3) is 2.82. The van der Waals surface area contributed by atoms with Crippen LogP contribution in [-0.2, 0) is 15.9 Å². The van der Waals surface area contributed by atoms with Crippen molar-refractivity contribution < 1.29 is 14.6 Å². The number of fused-ring (bicyclic) bond motifs is 2. The Morgan fingerprint density at radius 2 is 2.19 bits per heavy atom. The van der Waals surface area contributed by atoms with Crippen molar-refractivity contribution >= 4 is 11.5 Å². The maximum absolute atomic E-state index is 12.6. The number of nitrogens with one attached hydrogen (secondary N) is 1. The number of methoxy groups -OCH3 is 1. The molecule has 1 fully saturated rings. The summed E-state index contributed by atoms with van der Waals surface area (Å²) in [6, 6.07) is 7.95. The third-order valence-corrected chi connectivity index (χ3v) is 5.11. The monoisotopic (exact) mass is 357 g/mol. The molecule has 1 aromatic carbocycles. The van der Waals surface area contributed by atoms with Crippen LogP contribution >= 0.6 is 0 Å². The van der Waals surface area contributed by atoms with E-state index in [9.17, 15) is 9.90 Å². The number of aromatic nitrogens is 2. The zero-order valence-electron chi connectivity index (χ0n) is 14.9. The Bertz CT molecular complexity index is 866. The van der Waals surface area contributed by atoms with Crippen molar-refractivity contribution in [2.45, 2.75) is 50.7 Å². The maximum atomic E-state index is 12.6. The van der Waals surface area contributed by atoms with Gasteiger partial charge < -0.3 is 19.9 Å². The molecule has 1 saturated heterocycles. The zero-order valence-corrected chi connectivity index (χ0v) is 14.9. The molecule has 4 rings (SSSR count). The van der Waals surface area contributed by atoms with E-state index in [0.717, 1.165) is 23.2 Å². The van der Waals surface area contributed by atoms with Gasteiger partial charge in [0, 0.05) is 31.0 Å². The number of anilines is 2. The van der Waals surface area contributed by atoms with Crippen molar-refractivity contribution in [3.63, 3.8) is 0 Å². The van der Waals surface area contributed by atoms with E-state index >= 15 is 0 Å². The predicted octanol–water partition coefficient (Wildman–Crippen LogP) is 1.96. The molecule has 2 aromatic rings. The second-order valence-electron chi connectivity index (χ2n) is 6.81. The summed E-state index contributed by atoms with van der Waals surface area (Å²) in [5.41, 5.74) is 2.60. The second kappa shape index (κ2) is 6.83. The first-order chi connectivity index (χ1) is 12.6. The van der Waals surface area contributed by atoms with Gasteiger partial charge in [0.25, 0.3) is 0 Å². The molecule has 3 heterocycles. The molecular weight excluding hydrogens is 334 g/mol. The lowest BCUT2D eigenvalue weighted by atomic mass is 10.0. The van der Waals surface area contributed by atoms with E-state index in [1.54, 1.807) is 6.20 Å². The summed E-state index contributed by atoms with van der Waals surface area (Å²) in [4.78, 5) is 16.8. The number of aliphatic hydroxyl groups excluding tert-OH is 1. The van der Waals surface area contributed by atoms with Gasteiger partial charge in [-0.05, 0) is 18.1 Å². The van der Waals surface area contributed by atoms with Crippen LogP contribution in [0.15, 0.2) is 35.3 Å². The van der Waals surface area contributed by atoms with Crippen molar-refractivity contribution in [1.82, 2.24) is 9.55 Å². The molecule has 1 aromatic heterocycles. The van der Waals surface area contributed by atoms with Crippen molar-refractivity contribution in [2.75, 3.05) is 12.4 Å². The molecule has 0 amide bonds. The average Bonchev–Trinajstić information content (AvgIpc) is 2.95. The highest BCUT2D eigenvalue weighted by Gasteiger charge is 2.45. The average molecular weight is 357 g/mol. The fraction of sp³-hybridized carbons (Fsp3) is 0.474. The zero-order chi connectivity index (χ0) is 18.3. The lowest BCUT2D eigenvalue weighted by Crippen LogP contribution is -2.37. The number of hydrogen-bond acceptors (Lipinski definition) is 6. The summed E-state index contributed by atoms with van der Waals surface area (Å²) in [6.45, 7) is 2.03. The molecule has 4 unspecified atom stereocenters. The molecule has 7 nitrogen and oxygen atoms in total. The summed E-state index contributed by atoms with van der Waals surface area (Å²) in [5, 5.41) is 13.7. The van der Waals surface area contributed by atoms with Crippen LogP contribution in [0.1, 0.15) is 37.1 Å². The van der Waals surface area contributed by atoms with Gasteiger partial charge >= 0.3 is 5.69 Å². The van der Waals surface area contributed by atoms with E-state index < -0.39 is 24.1 Å². The van der Waals surface area contributed by atoms with Gasteiger partial charge in [-0.25, -0.2) is 4.79 Å². The summed E-state index contributed by atoms with van der Waals surface area (Å²) in [5.74, 6) is 0.572. The molecule has 0 radical (unpaired) electrons. The maximum Gasteiger partial charge on any atom is 0.351 e. The van der Waals surface area contributed by atoms with E-state index in [-0.39, 0.29) is 6.10 Å². The number of para-hydroxylation sites is 1. The minimum absolute atomic E-state index is 0.350. The van der Waals surface area contributed by atoms with Crippen molar-refractivity contribution in [3.05, 3.63) is 52.1 Å². The third-order valence-electron chi connectivity index (χ3n) is 5.11. The molecule has 0 bridgehead atoms. The Balaban J connectivity index is 1.69. The van der Waals surface area contributed by atoms with Crippen LogP contribution in [0.3, 0.4) is 0 Å². The van der Waals surface area contributed by atoms with Crippen molar-refractivity contribution in [1.29, 1.82) is 0 Å². The summed E-state index contributed by atoms with van der Waals surface area (Å²) < 4.78 is 12.9. The van der Waals surface area contributed by atoms with Gasteiger partial charge in [-0.3, -0.25) is 4.57 Å². The minimum Gasteiger partial charge on any atom is -0.388 e. The first kappa shape index (κ1) is 17.2. The van der Waals surface area contributed by atoms with Crippen LogP contribution in [-0.4, -0.2) is 40.1 Å².